The Bertz CT molecular complexity index is 1040. The summed E-state index contributed by atoms with van der Waals surface area (Å²) >= 11 is 0. The highest BCUT2D eigenvalue weighted by Crippen LogP contribution is 2.30. The van der Waals surface area contributed by atoms with E-state index in [9.17, 15) is 14.4 Å². The second-order valence-corrected chi connectivity index (χ2v) is 9.60. The van der Waals surface area contributed by atoms with Crippen molar-refractivity contribution in [3.8, 4) is 0 Å². The van der Waals surface area contributed by atoms with Crippen LogP contribution in [0.25, 0.3) is 0 Å². The average Bonchev–Trinajstić information content (AvgIpc) is 3.49. The number of likely N-dealkylation sites (tertiary alicyclic amines) is 1. The third-order valence-corrected chi connectivity index (χ3v) is 7.25. The summed E-state index contributed by atoms with van der Waals surface area (Å²) in [5, 5.41) is 9.07. The molecule has 0 spiro atoms. The number of nitrogens with one attached hydrogen (secondary N) is 3. The van der Waals surface area contributed by atoms with E-state index in [-0.39, 0.29) is 23.8 Å². The Kier molecular flexibility index (Phi) is 13.7. The van der Waals surface area contributed by atoms with Crippen molar-refractivity contribution >= 4 is 17.7 Å². The van der Waals surface area contributed by atoms with Gasteiger partial charge in [0.05, 0.1) is 12.1 Å². The van der Waals surface area contributed by atoms with E-state index in [1.165, 1.54) is 11.1 Å². The van der Waals surface area contributed by atoms with Gasteiger partial charge in [-0.1, -0.05) is 82.3 Å². The Hall–Kier alpha value is -3.19. The standard InChI is InChI=1S/C28H36N4O3.2C2H6/c1-19(29-2)26(33)31-24(18-20-10-4-3-5-11-20)28(35)32-17-9-16-25(32)27(34)30-23-15-8-13-21-12-6-7-14-22(21)23;2*1-2/h3-7,10-12,14,19,23-25,29H,8-9,13,15-18H2,1-2H3,(H,30,34)(H,31,33);2*1-2H3/t19-,23?,24-,25+;;/m0../s1. The van der Waals surface area contributed by atoms with E-state index in [1.807, 2.05) is 70.2 Å². The van der Waals surface area contributed by atoms with Crippen LogP contribution in [0.3, 0.4) is 0 Å². The highest BCUT2D eigenvalue weighted by molar-refractivity contribution is 5.93. The summed E-state index contributed by atoms with van der Waals surface area (Å²) in [5.41, 5.74) is 3.42. The number of fused-ring (bicyclic) bond motifs is 1. The monoisotopic (exact) mass is 536 g/mol. The first-order chi connectivity index (χ1) is 19.0. The van der Waals surface area contributed by atoms with Crippen molar-refractivity contribution in [2.75, 3.05) is 13.6 Å². The summed E-state index contributed by atoms with van der Waals surface area (Å²) in [4.78, 5) is 41.4. The quantitative estimate of drug-likeness (QED) is 0.461. The third kappa shape index (κ3) is 8.65. The highest BCUT2D eigenvalue weighted by atomic mass is 16.2. The second kappa shape index (κ2) is 16.7. The molecule has 1 unspecified atom stereocenters. The molecule has 39 heavy (non-hydrogen) atoms. The lowest BCUT2D eigenvalue weighted by molar-refractivity contribution is -0.141. The fraction of sp³-hybridized carbons (Fsp3) is 0.531. The predicted octanol–water partition coefficient (Wildman–Crippen LogP) is 4.56. The molecule has 1 fully saturated rings. The van der Waals surface area contributed by atoms with Gasteiger partial charge >= 0.3 is 0 Å². The molecule has 3 N–H and O–H groups in total. The molecule has 4 atom stereocenters. The molecule has 4 rings (SSSR count). The second-order valence-electron chi connectivity index (χ2n) is 9.60. The first kappa shape index (κ1) is 32.0. The summed E-state index contributed by atoms with van der Waals surface area (Å²) in [6, 6.07) is 16.2. The molecule has 7 heteroatoms. The molecule has 1 heterocycles. The summed E-state index contributed by atoms with van der Waals surface area (Å²) in [5.74, 6) is -0.543. The average molecular weight is 537 g/mol. The first-order valence-corrected chi connectivity index (χ1v) is 14.7. The van der Waals surface area contributed by atoms with Crippen LogP contribution < -0.4 is 16.0 Å². The molecule has 214 valence electrons. The van der Waals surface area contributed by atoms with Crippen molar-refractivity contribution in [1.29, 1.82) is 0 Å². The minimum atomic E-state index is -0.732. The molecule has 0 radical (unpaired) electrons. The molecular weight excluding hydrogens is 488 g/mol. The Labute approximate surface area is 235 Å². The van der Waals surface area contributed by atoms with Gasteiger partial charge in [-0.15, -0.1) is 0 Å². The van der Waals surface area contributed by atoms with E-state index in [2.05, 4.69) is 28.1 Å². The number of carbonyl (C=O) groups excluding carboxylic acids is 3. The Balaban J connectivity index is 0.00000127. The number of likely N-dealkylation sites (N-methyl/N-ethyl adjacent to an activating group) is 1. The maximum Gasteiger partial charge on any atom is 0.246 e. The van der Waals surface area contributed by atoms with E-state index < -0.39 is 18.1 Å². The van der Waals surface area contributed by atoms with Crippen LogP contribution in [0.1, 0.15) is 83.0 Å². The minimum absolute atomic E-state index is 0.0266. The molecule has 3 amide bonds. The van der Waals surface area contributed by atoms with E-state index >= 15 is 0 Å². The zero-order chi connectivity index (χ0) is 28.8. The van der Waals surface area contributed by atoms with Crippen molar-refractivity contribution in [3.05, 3.63) is 71.3 Å². The van der Waals surface area contributed by atoms with Gasteiger partial charge in [0, 0.05) is 13.0 Å². The number of aryl methyl sites for hydroxylation is 1. The molecule has 1 saturated heterocycles. The molecule has 2 aromatic carbocycles. The van der Waals surface area contributed by atoms with Gasteiger partial charge in [-0.05, 0) is 62.8 Å². The molecule has 2 aliphatic rings. The summed E-state index contributed by atoms with van der Waals surface area (Å²) in [7, 11) is 1.71. The Morgan fingerprint density at radius 3 is 2.28 bits per heavy atom. The van der Waals surface area contributed by atoms with Crippen LogP contribution in [0.15, 0.2) is 54.6 Å². The van der Waals surface area contributed by atoms with Gasteiger partial charge < -0.3 is 20.9 Å². The van der Waals surface area contributed by atoms with Gasteiger partial charge in [-0.25, -0.2) is 0 Å². The van der Waals surface area contributed by atoms with Crippen molar-refractivity contribution in [2.45, 2.75) is 97.3 Å². The van der Waals surface area contributed by atoms with Gasteiger partial charge in [0.15, 0.2) is 0 Å². The fourth-order valence-corrected chi connectivity index (χ4v) is 5.15. The van der Waals surface area contributed by atoms with Gasteiger partial charge in [0.2, 0.25) is 17.7 Å². The largest absolute Gasteiger partial charge is 0.347 e. The lowest BCUT2D eigenvalue weighted by Gasteiger charge is -2.32. The third-order valence-electron chi connectivity index (χ3n) is 7.25. The van der Waals surface area contributed by atoms with E-state index in [1.54, 1.807) is 18.9 Å². The van der Waals surface area contributed by atoms with Crippen LogP contribution in [0.5, 0.6) is 0 Å². The number of benzene rings is 2. The number of nitrogens with zero attached hydrogens (tertiary/aromatic N) is 1. The number of hydrogen-bond donors (Lipinski definition) is 3. The van der Waals surface area contributed by atoms with Crippen molar-refractivity contribution < 1.29 is 14.4 Å². The number of rotatable bonds is 8. The molecule has 7 nitrogen and oxygen atoms in total. The molecule has 1 aliphatic carbocycles. The predicted molar refractivity (Wildman–Crippen MR) is 158 cm³/mol. The molecular formula is C32H48N4O3. The fourth-order valence-electron chi connectivity index (χ4n) is 5.15. The van der Waals surface area contributed by atoms with Crippen LogP contribution in [-0.2, 0) is 27.2 Å². The number of hydrogen-bond acceptors (Lipinski definition) is 4. The van der Waals surface area contributed by atoms with E-state index in [4.69, 9.17) is 0 Å². The lowest BCUT2D eigenvalue weighted by atomic mass is 9.87. The maximum absolute atomic E-state index is 13.7. The molecule has 0 saturated carbocycles. The molecule has 0 aromatic heterocycles. The smallest absolute Gasteiger partial charge is 0.246 e. The van der Waals surface area contributed by atoms with Crippen LogP contribution in [0.2, 0.25) is 0 Å². The van der Waals surface area contributed by atoms with Crippen LogP contribution in [-0.4, -0.2) is 54.3 Å². The zero-order valence-electron chi connectivity index (χ0n) is 24.6. The van der Waals surface area contributed by atoms with Crippen molar-refractivity contribution in [2.24, 2.45) is 0 Å². The number of amides is 3. The van der Waals surface area contributed by atoms with Gasteiger partial charge in [0.1, 0.15) is 12.1 Å². The van der Waals surface area contributed by atoms with Crippen LogP contribution in [0, 0.1) is 0 Å². The first-order valence-electron chi connectivity index (χ1n) is 14.7. The normalized spacial score (nSPS) is 19.2. The van der Waals surface area contributed by atoms with Crippen molar-refractivity contribution in [1.82, 2.24) is 20.9 Å². The van der Waals surface area contributed by atoms with Gasteiger partial charge in [0.25, 0.3) is 0 Å². The molecule has 0 bridgehead atoms. The van der Waals surface area contributed by atoms with Crippen molar-refractivity contribution in [3.63, 3.8) is 0 Å². The van der Waals surface area contributed by atoms with E-state index in [0.717, 1.165) is 31.2 Å². The van der Waals surface area contributed by atoms with E-state index in [0.29, 0.717) is 19.4 Å². The highest BCUT2D eigenvalue weighted by Gasteiger charge is 2.39. The lowest BCUT2D eigenvalue weighted by Crippen LogP contribution is -2.56. The number of carbonyl (C=O) groups is 3. The zero-order valence-corrected chi connectivity index (χ0v) is 24.6. The summed E-state index contributed by atoms with van der Waals surface area (Å²) in [6.07, 6.45) is 4.74. The van der Waals surface area contributed by atoms with Gasteiger partial charge in [-0.3, -0.25) is 14.4 Å². The SMILES string of the molecule is CC.CC.CN[C@@H](C)C(=O)N[C@@H](Cc1ccccc1)C(=O)N1CCC[C@@H]1C(=O)NC1CCCc2ccccc21. The minimum Gasteiger partial charge on any atom is -0.347 e. The Morgan fingerprint density at radius 2 is 1.59 bits per heavy atom. The topological polar surface area (TPSA) is 90.5 Å². The summed E-state index contributed by atoms with van der Waals surface area (Å²) in [6.45, 7) is 10.3. The summed E-state index contributed by atoms with van der Waals surface area (Å²) < 4.78 is 0. The molecule has 1 aliphatic heterocycles. The van der Waals surface area contributed by atoms with Crippen LogP contribution >= 0.6 is 0 Å². The molecule has 2 aromatic rings. The Morgan fingerprint density at radius 1 is 0.923 bits per heavy atom. The van der Waals surface area contributed by atoms with Crippen LogP contribution in [0.4, 0.5) is 0 Å². The van der Waals surface area contributed by atoms with Gasteiger partial charge in [-0.2, -0.15) is 0 Å². The maximum atomic E-state index is 13.7.